The smallest absolute Gasteiger partial charge is 0.326 e. The molecule has 0 radical (unpaired) electrons. The molecule has 12 N–H and O–H groups in total. The number of hydrogen-bond donors (Lipinski definition) is 9. The highest BCUT2D eigenvalue weighted by Gasteiger charge is 2.29. The lowest BCUT2D eigenvalue weighted by Crippen LogP contribution is -2.56. The van der Waals surface area contributed by atoms with Gasteiger partial charge in [0.25, 0.3) is 0 Å². The monoisotopic (exact) mass is 511 g/mol. The Bertz CT molecular complexity index is 932. The van der Waals surface area contributed by atoms with Crippen LogP contribution in [-0.4, -0.2) is 86.5 Å². The third-order valence-electron chi connectivity index (χ3n) is 4.93. The van der Waals surface area contributed by atoms with Gasteiger partial charge >= 0.3 is 11.9 Å². The zero-order chi connectivity index (χ0) is 27.3. The number of imidazole rings is 1. The van der Waals surface area contributed by atoms with Crippen molar-refractivity contribution in [1.82, 2.24) is 25.9 Å². The molecule has 0 spiro atoms. The second-order valence-corrected chi connectivity index (χ2v) is 7.96. The number of aliphatic carboxylic acids is 2. The molecule has 36 heavy (non-hydrogen) atoms. The van der Waals surface area contributed by atoms with Crippen LogP contribution >= 0.6 is 0 Å². The summed E-state index contributed by atoms with van der Waals surface area (Å²) in [6.07, 6.45) is 2.50. The number of nitrogens with two attached hydrogens (primary N) is 3. The Kier molecular flexibility index (Phi) is 12.4. The van der Waals surface area contributed by atoms with E-state index in [1.54, 1.807) is 0 Å². The molecule has 0 saturated heterocycles. The van der Waals surface area contributed by atoms with Crippen molar-refractivity contribution in [3.8, 4) is 0 Å². The lowest BCUT2D eigenvalue weighted by atomic mass is 10.1. The van der Waals surface area contributed by atoms with E-state index < -0.39 is 60.2 Å². The summed E-state index contributed by atoms with van der Waals surface area (Å²) in [5, 5.41) is 25.5. The number of nitrogens with zero attached hydrogens (tertiary/aromatic N) is 2. The Morgan fingerprint density at radius 2 is 1.69 bits per heavy atom. The topological polar surface area (TPSA) is 281 Å². The molecular formula is C20H33N9O7. The first-order valence-electron chi connectivity index (χ1n) is 11.0. The van der Waals surface area contributed by atoms with Crippen molar-refractivity contribution in [3.05, 3.63) is 18.2 Å². The van der Waals surface area contributed by atoms with Crippen LogP contribution in [0.5, 0.6) is 0 Å². The second kappa shape index (κ2) is 14.9. The molecular weight excluding hydrogens is 478 g/mol. The largest absolute Gasteiger partial charge is 0.481 e. The van der Waals surface area contributed by atoms with Gasteiger partial charge in [-0.15, -0.1) is 0 Å². The van der Waals surface area contributed by atoms with Gasteiger partial charge in [0, 0.05) is 31.3 Å². The average molecular weight is 512 g/mol. The van der Waals surface area contributed by atoms with E-state index in [2.05, 4.69) is 30.9 Å². The van der Waals surface area contributed by atoms with Gasteiger partial charge in [-0.3, -0.25) is 24.2 Å². The highest BCUT2D eigenvalue weighted by Crippen LogP contribution is 2.04. The van der Waals surface area contributed by atoms with Crippen LogP contribution in [0.25, 0.3) is 0 Å². The summed E-state index contributed by atoms with van der Waals surface area (Å²) >= 11 is 0. The van der Waals surface area contributed by atoms with Crippen molar-refractivity contribution >= 4 is 35.6 Å². The summed E-state index contributed by atoms with van der Waals surface area (Å²) in [5.74, 6) is -4.96. The van der Waals surface area contributed by atoms with Gasteiger partial charge in [-0.05, 0) is 26.2 Å². The van der Waals surface area contributed by atoms with Crippen molar-refractivity contribution < 1.29 is 34.2 Å². The number of carboxylic acids is 2. The summed E-state index contributed by atoms with van der Waals surface area (Å²) in [6, 6.07) is -4.80. The Morgan fingerprint density at radius 1 is 1.03 bits per heavy atom. The molecule has 0 aliphatic rings. The quantitative estimate of drug-likeness (QED) is 0.0603. The van der Waals surface area contributed by atoms with Gasteiger partial charge in [0.15, 0.2) is 5.96 Å². The van der Waals surface area contributed by atoms with Crippen molar-refractivity contribution in [2.45, 2.75) is 63.2 Å². The number of guanidine groups is 1. The van der Waals surface area contributed by atoms with Gasteiger partial charge in [-0.25, -0.2) is 9.78 Å². The molecule has 0 aliphatic carbocycles. The second-order valence-electron chi connectivity index (χ2n) is 7.96. The molecule has 200 valence electrons. The minimum absolute atomic E-state index is 0.0872. The number of carbonyl (C=O) groups excluding carboxylic acids is 3. The summed E-state index contributed by atoms with van der Waals surface area (Å²) in [6.45, 7) is 1.63. The highest BCUT2D eigenvalue weighted by molar-refractivity contribution is 5.94. The maximum absolute atomic E-state index is 12.7. The maximum Gasteiger partial charge on any atom is 0.326 e. The standard InChI is InChI=1S/C20H33N9O7/c1-10(27-17(33)12(21)3-2-6-25-20(22)23)16(32)28-13(4-5-15(30)31)18(34)29-14(19(35)36)7-11-8-24-9-26-11/h8-10,12-14H,2-7,21H2,1H3,(H,24,26)(H,27,33)(H,28,32)(H,29,34)(H,30,31)(H,35,36)(H4,22,23,25). The van der Waals surface area contributed by atoms with Crippen LogP contribution in [0.3, 0.4) is 0 Å². The van der Waals surface area contributed by atoms with Crippen LogP contribution in [0.15, 0.2) is 17.5 Å². The van der Waals surface area contributed by atoms with Gasteiger partial charge < -0.3 is 48.3 Å². The van der Waals surface area contributed by atoms with Crippen LogP contribution in [0.1, 0.15) is 38.3 Å². The number of aliphatic imine (C=N–C) groups is 1. The number of amides is 3. The van der Waals surface area contributed by atoms with E-state index >= 15 is 0 Å². The maximum atomic E-state index is 12.7. The molecule has 0 fully saturated rings. The summed E-state index contributed by atoms with van der Waals surface area (Å²) in [5.41, 5.74) is 16.7. The molecule has 3 amide bonds. The van der Waals surface area contributed by atoms with E-state index in [9.17, 15) is 29.1 Å². The SMILES string of the molecule is CC(NC(=O)C(N)CCCN=C(N)N)C(=O)NC(CCC(=O)O)C(=O)NC(Cc1cnc[nH]1)C(=O)O. The van der Waals surface area contributed by atoms with Crippen molar-refractivity contribution in [2.75, 3.05) is 6.54 Å². The van der Waals surface area contributed by atoms with Crippen molar-refractivity contribution in [1.29, 1.82) is 0 Å². The van der Waals surface area contributed by atoms with Crippen LogP contribution in [0.2, 0.25) is 0 Å². The van der Waals surface area contributed by atoms with Gasteiger partial charge in [0.1, 0.15) is 18.1 Å². The first-order chi connectivity index (χ1) is 16.9. The van der Waals surface area contributed by atoms with Crippen LogP contribution in [0.4, 0.5) is 0 Å². The van der Waals surface area contributed by atoms with Gasteiger partial charge in [-0.1, -0.05) is 0 Å². The van der Waals surface area contributed by atoms with E-state index in [0.29, 0.717) is 12.1 Å². The van der Waals surface area contributed by atoms with Gasteiger partial charge in [0.2, 0.25) is 17.7 Å². The number of hydrogen-bond acceptors (Lipinski definition) is 8. The molecule has 1 rings (SSSR count). The molecule has 0 saturated carbocycles. The molecule has 16 heteroatoms. The van der Waals surface area contributed by atoms with Gasteiger partial charge in [0.05, 0.1) is 12.4 Å². The number of carboxylic acid groups (broad SMARTS) is 2. The van der Waals surface area contributed by atoms with E-state index in [-0.39, 0.29) is 31.8 Å². The number of carbonyl (C=O) groups is 5. The predicted molar refractivity (Wildman–Crippen MR) is 126 cm³/mol. The van der Waals surface area contributed by atoms with Gasteiger partial charge in [-0.2, -0.15) is 0 Å². The normalized spacial score (nSPS) is 13.9. The fourth-order valence-corrected chi connectivity index (χ4v) is 2.96. The fraction of sp³-hybridized carbons (Fsp3) is 0.550. The van der Waals surface area contributed by atoms with E-state index in [4.69, 9.17) is 22.3 Å². The molecule has 1 aromatic rings. The fourth-order valence-electron chi connectivity index (χ4n) is 2.96. The molecule has 0 aromatic carbocycles. The minimum atomic E-state index is -1.37. The predicted octanol–water partition coefficient (Wildman–Crippen LogP) is -3.24. The Labute approximate surface area is 206 Å². The lowest BCUT2D eigenvalue weighted by molar-refractivity contribution is -0.143. The first kappa shape index (κ1) is 29.8. The molecule has 1 heterocycles. The van der Waals surface area contributed by atoms with E-state index in [0.717, 1.165) is 0 Å². The Balaban J connectivity index is 2.75. The number of aromatic nitrogens is 2. The van der Waals surface area contributed by atoms with Crippen molar-refractivity contribution in [2.24, 2.45) is 22.2 Å². The first-order valence-corrected chi connectivity index (χ1v) is 11.0. The molecule has 16 nitrogen and oxygen atoms in total. The molecule has 0 aliphatic heterocycles. The zero-order valence-electron chi connectivity index (χ0n) is 19.8. The van der Waals surface area contributed by atoms with E-state index in [1.165, 1.54) is 19.4 Å². The number of H-pyrrole nitrogens is 1. The summed E-state index contributed by atoms with van der Waals surface area (Å²) in [7, 11) is 0. The number of aromatic amines is 1. The van der Waals surface area contributed by atoms with Crippen molar-refractivity contribution in [3.63, 3.8) is 0 Å². The zero-order valence-corrected chi connectivity index (χ0v) is 19.8. The third kappa shape index (κ3) is 11.3. The third-order valence-corrected chi connectivity index (χ3v) is 4.93. The Hall–Kier alpha value is -4.21. The van der Waals surface area contributed by atoms with Crippen LogP contribution in [-0.2, 0) is 30.4 Å². The molecule has 4 unspecified atom stereocenters. The summed E-state index contributed by atoms with van der Waals surface area (Å²) in [4.78, 5) is 70.5. The molecule has 1 aromatic heterocycles. The number of rotatable bonds is 16. The number of nitrogens with one attached hydrogen (secondary N) is 4. The molecule has 0 bridgehead atoms. The summed E-state index contributed by atoms with van der Waals surface area (Å²) < 4.78 is 0. The van der Waals surface area contributed by atoms with E-state index in [1.807, 2.05) is 0 Å². The van der Waals surface area contributed by atoms with Crippen LogP contribution in [0, 0.1) is 0 Å². The van der Waals surface area contributed by atoms with Crippen LogP contribution < -0.4 is 33.2 Å². The highest BCUT2D eigenvalue weighted by atomic mass is 16.4. The lowest BCUT2D eigenvalue weighted by Gasteiger charge is -2.23. The average Bonchev–Trinajstić information content (AvgIpc) is 3.31. The molecule has 4 atom stereocenters. The Morgan fingerprint density at radius 3 is 2.25 bits per heavy atom. The minimum Gasteiger partial charge on any atom is -0.481 e.